The largest absolute Gasteiger partial charge is 0.305 e. The van der Waals surface area contributed by atoms with Crippen molar-refractivity contribution < 1.29 is 4.79 Å². The fourth-order valence-corrected chi connectivity index (χ4v) is 2.33. The summed E-state index contributed by atoms with van der Waals surface area (Å²) in [5, 5.41) is 10.1. The van der Waals surface area contributed by atoms with E-state index in [4.69, 9.17) is 0 Å². The number of likely N-dealkylation sites (N-methyl/N-ethyl adjacent to an activating group) is 1. The minimum Gasteiger partial charge on any atom is -0.305 e. The van der Waals surface area contributed by atoms with E-state index in [0.29, 0.717) is 11.4 Å². The van der Waals surface area contributed by atoms with Gasteiger partial charge in [0.25, 0.3) is 5.91 Å². The Kier molecular flexibility index (Phi) is 3.05. The SMILES string of the molecule is CN1CCc2c(NC(=O)c3ccccc3)n[nH]c2C1. The summed E-state index contributed by atoms with van der Waals surface area (Å²) in [7, 11) is 2.08. The first-order valence-electron chi connectivity index (χ1n) is 6.35. The number of hydrogen-bond donors (Lipinski definition) is 2. The van der Waals surface area contributed by atoms with Crippen molar-refractivity contribution in [3.05, 3.63) is 47.2 Å². The predicted octanol–water partition coefficient (Wildman–Crippen LogP) is 1.65. The number of anilines is 1. The van der Waals surface area contributed by atoms with E-state index >= 15 is 0 Å². The summed E-state index contributed by atoms with van der Waals surface area (Å²) in [6.07, 6.45) is 0.909. The van der Waals surface area contributed by atoms with Gasteiger partial charge in [0.15, 0.2) is 5.82 Å². The van der Waals surface area contributed by atoms with Crippen LogP contribution < -0.4 is 5.32 Å². The molecule has 5 heteroatoms. The summed E-state index contributed by atoms with van der Waals surface area (Å²) in [5.74, 6) is 0.547. The van der Waals surface area contributed by atoms with Crippen LogP contribution in [0.15, 0.2) is 30.3 Å². The zero-order chi connectivity index (χ0) is 13.2. The number of aromatic amines is 1. The molecule has 3 rings (SSSR count). The third-order valence-electron chi connectivity index (χ3n) is 3.39. The summed E-state index contributed by atoms with van der Waals surface area (Å²) in [4.78, 5) is 14.3. The zero-order valence-corrected chi connectivity index (χ0v) is 10.8. The fraction of sp³-hybridized carbons (Fsp3) is 0.286. The number of carbonyl (C=O) groups is 1. The lowest BCUT2D eigenvalue weighted by Crippen LogP contribution is -2.26. The smallest absolute Gasteiger partial charge is 0.256 e. The van der Waals surface area contributed by atoms with Gasteiger partial charge in [-0.15, -0.1) is 0 Å². The third kappa shape index (κ3) is 2.37. The number of amides is 1. The van der Waals surface area contributed by atoms with Gasteiger partial charge in [0.2, 0.25) is 0 Å². The summed E-state index contributed by atoms with van der Waals surface area (Å²) < 4.78 is 0. The first-order valence-corrected chi connectivity index (χ1v) is 6.35. The Bertz CT molecular complexity index is 591. The Morgan fingerprint density at radius 1 is 1.37 bits per heavy atom. The van der Waals surface area contributed by atoms with Gasteiger partial charge in [0, 0.05) is 24.2 Å². The van der Waals surface area contributed by atoms with E-state index in [9.17, 15) is 4.79 Å². The predicted molar refractivity (Wildman–Crippen MR) is 73.0 cm³/mol. The van der Waals surface area contributed by atoms with E-state index in [1.54, 1.807) is 12.1 Å². The molecular weight excluding hydrogens is 240 g/mol. The summed E-state index contributed by atoms with van der Waals surface area (Å²) >= 11 is 0. The normalized spacial score (nSPS) is 15.0. The van der Waals surface area contributed by atoms with Gasteiger partial charge in [-0.05, 0) is 25.6 Å². The molecule has 2 N–H and O–H groups in total. The molecule has 0 aliphatic carbocycles. The highest BCUT2D eigenvalue weighted by Gasteiger charge is 2.20. The third-order valence-corrected chi connectivity index (χ3v) is 3.39. The van der Waals surface area contributed by atoms with Crippen molar-refractivity contribution in [2.24, 2.45) is 0 Å². The molecule has 0 saturated heterocycles. The van der Waals surface area contributed by atoms with Crippen LogP contribution in [-0.2, 0) is 13.0 Å². The van der Waals surface area contributed by atoms with Crippen molar-refractivity contribution in [3.63, 3.8) is 0 Å². The summed E-state index contributed by atoms with van der Waals surface area (Å²) in [6.45, 7) is 1.84. The lowest BCUT2D eigenvalue weighted by atomic mass is 10.1. The second kappa shape index (κ2) is 4.85. The first kappa shape index (κ1) is 11.9. The Balaban J connectivity index is 1.80. The molecule has 1 aliphatic heterocycles. The Hall–Kier alpha value is -2.14. The number of nitrogens with one attached hydrogen (secondary N) is 2. The lowest BCUT2D eigenvalue weighted by molar-refractivity contribution is 0.102. The highest BCUT2D eigenvalue weighted by Crippen LogP contribution is 2.23. The van der Waals surface area contributed by atoms with Gasteiger partial charge in [-0.2, -0.15) is 5.10 Å². The Labute approximate surface area is 111 Å². The Morgan fingerprint density at radius 2 is 2.16 bits per heavy atom. The van der Waals surface area contributed by atoms with Crippen molar-refractivity contribution in [1.82, 2.24) is 15.1 Å². The minimum atomic E-state index is -0.117. The zero-order valence-electron chi connectivity index (χ0n) is 10.8. The van der Waals surface area contributed by atoms with Crippen LogP contribution in [-0.4, -0.2) is 34.6 Å². The molecule has 2 aromatic rings. The molecule has 0 bridgehead atoms. The molecular formula is C14H16N4O. The fourth-order valence-electron chi connectivity index (χ4n) is 2.33. The molecule has 1 aromatic heterocycles. The Morgan fingerprint density at radius 3 is 2.95 bits per heavy atom. The molecule has 1 amide bonds. The topological polar surface area (TPSA) is 61.0 Å². The number of benzene rings is 1. The van der Waals surface area contributed by atoms with Gasteiger partial charge in [-0.3, -0.25) is 9.89 Å². The molecule has 0 atom stereocenters. The van der Waals surface area contributed by atoms with Crippen molar-refractivity contribution in [3.8, 4) is 0 Å². The highest BCUT2D eigenvalue weighted by atomic mass is 16.1. The van der Waals surface area contributed by atoms with E-state index in [-0.39, 0.29) is 5.91 Å². The second-order valence-corrected chi connectivity index (χ2v) is 4.84. The van der Waals surface area contributed by atoms with Gasteiger partial charge in [0.1, 0.15) is 0 Å². The van der Waals surface area contributed by atoms with Gasteiger partial charge in [0.05, 0.1) is 5.69 Å². The maximum atomic E-state index is 12.1. The number of H-pyrrole nitrogens is 1. The van der Waals surface area contributed by atoms with E-state index in [1.165, 1.54) is 0 Å². The molecule has 0 saturated carbocycles. The van der Waals surface area contributed by atoms with Gasteiger partial charge < -0.3 is 10.2 Å². The van der Waals surface area contributed by atoms with Crippen LogP contribution >= 0.6 is 0 Å². The molecule has 0 fully saturated rings. The van der Waals surface area contributed by atoms with Gasteiger partial charge in [-0.1, -0.05) is 18.2 Å². The molecule has 0 spiro atoms. The number of nitrogens with zero attached hydrogens (tertiary/aromatic N) is 2. The molecule has 1 aliphatic rings. The molecule has 5 nitrogen and oxygen atoms in total. The number of carbonyl (C=O) groups excluding carboxylic acids is 1. The number of rotatable bonds is 2. The van der Waals surface area contributed by atoms with Crippen LogP contribution in [0.4, 0.5) is 5.82 Å². The van der Waals surface area contributed by atoms with Crippen molar-refractivity contribution in [2.75, 3.05) is 18.9 Å². The molecule has 2 heterocycles. The molecule has 1 aromatic carbocycles. The molecule has 0 unspecified atom stereocenters. The van der Waals surface area contributed by atoms with Crippen LogP contribution in [0.5, 0.6) is 0 Å². The monoisotopic (exact) mass is 256 g/mol. The van der Waals surface area contributed by atoms with Crippen molar-refractivity contribution in [2.45, 2.75) is 13.0 Å². The summed E-state index contributed by atoms with van der Waals surface area (Å²) in [5.41, 5.74) is 2.87. The van der Waals surface area contributed by atoms with Crippen molar-refractivity contribution in [1.29, 1.82) is 0 Å². The second-order valence-electron chi connectivity index (χ2n) is 4.84. The van der Waals surface area contributed by atoms with Crippen LogP contribution in [0, 0.1) is 0 Å². The lowest BCUT2D eigenvalue weighted by Gasteiger charge is -2.21. The summed E-state index contributed by atoms with van der Waals surface area (Å²) in [6, 6.07) is 9.18. The number of aromatic nitrogens is 2. The maximum absolute atomic E-state index is 12.1. The number of hydrogen-bond acceptors (Lipinski definition) is 3. The molecule has 98 valence electrons. The van der Waals surface area contributed by atoms with Gasteiger partial charge in [-0.25, -0.2) is 0 Å². The van der Waals surface area contributed by atoms with E-state index < -0.39 is 0 Å². The standard InChI is InChI=1S/C14H16N4O/c1-18-8-7-11-12(9-18)16-17-13(11)15-14(19)10-5-3-2-4-6-10/h2-6H,7-9H2,1H3,(H2,15,16,17,19). The highest BCUT2D eigenvalue weighted by molar-refractivity contribution is 6.04. The van der Waals surface area contributed by atoms with Crippen LogP contribution in [0.2, 0.25) is 0 Å². The first-order chi connectivity index (χ1) is 9.24. The van der Waals surface area contributed by atoms with Crippen molar-refractivity contribution >= 4 is 11.7 Å². The van der Waals surface area contributed by atoms with Crippen LogP contribution in [0.1, 0.15) is 21.6 Å². The maximum Gasteiger partial charge on any atom is 0.256 e. The van der Waals surface area contributed by atoms with Crippen LogP contribution in [0.25, 0.3) is 0 Å². The molecule has 19 heavy (non-hydrogen) atoms. The van der Waals surface area contributed by atoms with E-state index in [1.807, 2.05) is 18.2 Å². The number of fused-ring (bicyclic) bond motifs is 1. The van der Waals surface area contributed by atoms with E-state index in [0.717, 1.165) is 30.8 Å². The van der Waals surface area contributed by atoms with Gasteiger partial charge >= 0.3 is 0 Å². The minimum absolute atomic E-state index is 0.117. The van der Waals surface area contributed by atoms with Crippen LogP contribution in [0.3, 0.4) is 0 Å². The van der Waals surface area contributed by atoms with E-state index in [2.05, 4.69) is 27.5 Å². The average molecular weight is 256 g/mol. The molecule has 0 radical (unpaired) electrons. The average Bonchev–Trinajstić information content (AvgIpc) is 2.82. The quantitative estimate of drug-likeness (QED) is 0.859.